The van der Waals surface area contributed by atoms with Crippen molar-refractivity contribution in [1.82, 2.24) is 9.38 Å². The van der Waals surface area contributed by atoms with Crippen molar-refractivity contribution in [2.75, 3.05) is 19.0 Å². The molecule has 1 N–H and O–H groups in total. The highest BCUT2D eigenvalue weighted by atomic mass is 16.5. The fourth-order valence-electron chi connectivity index (χ4n) is 3.51. The predicted molar refractivity (Wildman–Crippen MR) is 127 cm³/mol. The number of fused-ring (bicyclic) bond motifs is 1. The number of carbonyl (C=O) groups is 1. The third kappa shape index (κ3) is 4.44. The number of rotatable bonds is 8. The first kappa shape index (κ1) is 21.4. The molecule has 164 valence electrons. The number of benzene rings is 2. The van der Waals surface area contributed by atoms with Crippen molar-refractivity contribution in [3.8, 4) is 22.8 Å². The van der Waals surface area contributed by atoms with Crippen LogP contribution in [-0.2, 0) is 0 Å². The molecule has 0 spiro atoms. The summed E-state index contributed by atoms with van der Waals surface area (Å²) in [5.41, 5.74) is 3.85. The van der Waals surface area contributed by atoms with E-state index in [1.54, 1.807) is 19.2 Å². The Hall–Kier alpha value is -3.80. The van der Waals surface area contributed by atoms with Gasteiger partial charge in [-0.05, 0) is 67.4 Å². The lowest BCUT2D eigenvalue weighted by Gasteiger charge is -2.11. The lowest BCUT2D eigenvalue weighted by atomic mass is 10.1. The fraction of sp³-hybridized carbons (Fsp3) is 0.231. The molecule has 0 radical (unpaired) electrons. The molecule has 0 unspecified atom stereocenters. The molecule has 0 aliphatic carbocycles. The molecule has 0 aliphatic heterocycles. The van der Waals surface area contributed by atoms with Crippen molar-refractivity contribution in [3.05, 3.63) is 78.0 Å². The van der Waals surface area contributed by atoms with Gasteiger partial charge < -0.3 is 14.8 Å². The Morgan fingerprint density at radius 3 is 2.62 bits per heavy atom. The van der Waals surface area contributed by atoms with Gasteiger partial charge in [-0.2, -0.15) is 0 Å². The number of nitrogens with one attached hydrogen (secondary N) is 1. The van der Waals surface area contributed by atoms with Crippen molar-refractivity contribution in [2.45, 2.75) is 26.7 Å². The van der Waals surface area contributed by atoms with Crippen LogP contribution in [0.2, 0.25) is 0 Å². The summed E-state index contributed by atoms with van der Waals surface area (Å²) in [4.78, 5) is 17.9. The number of pyridine rings is 1. The molecule has 4 aromatic rings. The van der Waals surface area contributed by atoms with Gasteiger partial charge in [0.25, 0.3) is 5.91 Å². The molecular weight excluding hydrogens is 402 g/mol. The van der Waals surface area contributed by atoms with Crippen LogP contribution in [0.3, 0.4) is 0 Å². The molecule has 0 aliphatic rings. The molecule has 0 atom stereocenters. The highest BCUT2D eigenvalue weighted by Gasteiger charge is 2.20. The second kappa shape index (κ2) is 9.56. The molecule has 2 aromatic carbocycles. The summed E-state index contributed by atoms with van der Waals surface area (Å²) in [6, 6.07) is 18.8. The Bertz CT molecular complexity index is 1230. The van der Waals surface area contributed by atoms with Crippen LogP contribution in [-0.4, -0.2) is 29.0 Å². The molecule has 1 amide bonds. The van der Waals surface area contributed by atoms with Crippen LogP contribution < -0.4 is 14.8 Å². The predicted octanol–water partition coefficient (Wildman–Crippen LogP) is 5.75. The normalized spacial score (nSPS) is 10.8. The number of aromatic nitrogens is 2. The Morgan fingerprint density at radius 1 is 1.09 bits per heavy atom. The van der Waals surface area contributed by atoms with Gasteiger partial charge in [-0.1, -0.05) is 25.5 Å². The van der Waals surface area contributed by atoms with Gasteiger partial charge in [-0.3, -0.25) is 9.20 Å². The third-order valence-corrected chi connectivity index (χ3v) is 5.26. The molecule has 6 heteroatoms. The molecule has 2 aromatic heterocycles. The molecule has 32 heavy (non-hydrogen) atoms. The summed E-state index contributed by atoms with van der Waals surface area (Å²) < 4.78 is 13.1. The van der Waals surface area contributed by atoms with E-state index in [-0.39, 0.29) is 5.91 Å². The van der Waals surface area contributed by atoms with E-state index < -0.39 is 0 Å². The summed E-state index contributed by atoms with van der Waals surface area (Å²) in [5, 5.41) is 3.06. The van der Waals surface area contributed by atoms with E-state index in [4.69, 9.17) is 14.5 Å². The van der Waals surface area contributed by atoms with Crippen molar-refractivity contribution in [3.63, 3.8) is 0 Å². The first-order chi connectivity index (χ1) is 15.6. The van der Waals surface area contributed by atoms with E-state index in [0.29, 0.717) is 29.4 Å². The summed E-state index contributed by atoms with van der Waals surface area (Å²) >= 11 is 0. The molecule has 0 bridgehead atoms. The highest BCUT2D eigenvalue weighted by Crippen LogP contribution is 2.35. The van der Waals surface area contributed by atoms with Crippen molar-refractivity contribution in [1.29, 1.82) is 0 Å². The average molecular weight is 430 g/mol. The van der Waals surface area contributed by atoms with Crippen molar-refractivity contribution >= 4 is 17.4 Å². The van der Waals surface area contributed by atoms with Gasteiger partial charge in [0.1, 0.15) is 28.7 Å². The fourth-order valence-corrected chi connectivity index (χ4v) is 3.51. The van der Waals surface area contributed by atoms with E-state index in [2.05, 4.69) is 12.2 Å². The zero-order chi connectivity index (χ0) is 22.5. The van der Waals surface area contributed by atoms with Gasteiger partial charge in [0.15, 0.2) is 0 Å². The van der Waals surface area contributed by atoms with Crippen LogP contribution in [0.5, 0.6) is 11.5 Å². The monoisotopic (exact) mass is 429 g/mol. The van der Waals surface area contributed by atoms with Crippen molar-refractivity contribution in [2.24, 2.45) is 0 Å². The summed E-state index contributed by atoms with van der Waals surface area (Å²) in [6.07, 6.45) is 3.99. The Balaban J connectivity index is 1.68. The number of unbranched alkanes of at least 4 members (excludes halogenated alkanes) is 1. The average Bonchev–Trinajstić information content (AvgIpc) is 3.16. The zero-order valence-corrected chi connectivity index (χ0v) is 18.6. The van der Waals surface area contributed by atoms with E-state index in [9.17, 15) is 4.79 Å². The summed E-state index contributed by atoms with van der Waals surface area (Å²) in [6.45, 7) is 4.81. The molecular formula is C26H27N3O3. The minimum Gasteiger partial charge on any atom is -0.496 e. The molecule has 6 nitrogen and oxygen atoms in total. The maximum absolute atomic E-state index is 13.1. The second-order valence-corrected chi connectivity index (χ2v) is 7.62. The van der Waals surface area contributed by atoms with Gasteiger partial charge in [0.05, 0.1) is 13.7 Å². The van der Waals surface area contributed by atoms with Gasteiger partial charge in [0, 0.05) is 17.3 Å². The van der Waals surface area contributed by atoms with E-state index in [1.807, 2.05) is 66.1 Å². The summed E-state index contributed by atoms with van der Waals surface area (Å²) in [7, 11) is 1.63. The molecule has 4 rings (SSSR count). The van der Waals surface area contributed by atoms with Gasteiger partial charge in [-0.15, -0.1) is 0 Å². The first-order valence-electron chi connectivity index (χ1n) is 10.8. The lowest BCUT2D eigenvalue weighted by molar-refractivity contribution is 0.102. The number of carbonyl (C=O) groups excluding carboxylic acids is 1. The zero-order valence-electron chi connectivity index (χ0n) is 18.6. The third-order valence-electron chi connectivity index (χ3n) is 5.26. The maximum Gasteiger partial charge on any atom is 0.256 e. The number of ether oxygens (including phenoxy) is 2. The number of nitrogens with zero attached hydrogens (tertiary/aromatic N) is 2. The maximum atomic E-state index is 13.1. The van der Waals surface area contributed by atoms with E-state index in [0.717, 1.165) is 35.4 Å². The SMILES string of the molecule is CCCCOc1ccc(C(=O)Nc2c(-c3ccccc3OC)nc3cc(C)ccn23)cc1. The number of aryl methyl sites for hydroxylation is 1. The number of hydrogen-bond donors (Lipinski definition) is 1. The quantitative estimate of drug-likeness (QED) is 0.362. The van der Waals surface area contributed by atoms with E-state index in [1.165, 1.54) is 0 Å². The molecule has 2 heterocycles. The minimum atomic E-state index is -0.219. The molecule has 0 saturated heterocycles. The largest absolute Gasteiger partial charge is 0.496 e. The molecule has 0 fully saturated rings. The standard InChI is InChI=1S/C26H27N3O3/c1-4-5-16-32-20-12-10-19(11-13-20)26(30)28-25-24(21-8-6-7-9-22(21)31-3)27-23-17-18(2)14-15-29(23)25/h6-15,17H,4-5,16H2,1-3H3,(H,28,30). The minimum absolute atomic E-state index is 0.219. The Labute approximate surface area is 187 Å². The van der Waals surface area contributed by atoms with Gasteiger partial charge in [0.2, 0.25) is 0 Å². The summed E-state index contributed by atoms with van der Waals surface area (Å²) in [5.74, 6) is 1.83. The van der Waals surface area contributed by atoms with Crippen LogP contribution in [0.15, 0.2) is 66.9 Å². The van der Waals surface area contributed by atoms with Gasteiger partial charge in [-0.25, -0.2) is 4.98 Å². The molecule has 0 saturated carbocycles. The van der Waals surface area contributed by atoms with Gasteiger partial charge >= 0.3 is 0 Å². The van der Waals surface area contributed by atoms with Crippen LogP contribution in [0.25, 0.3) is 16.9 Å². The number of imidazole rings is 1. The van der Waals surface area contributed by atoms with Crippen LogP contribution in [0.1, 0.15) is 35.7 Å². The Kier molecular flexibility index (Phi) is 6.40. The van der Waals surface area contributed by atoms with Crippen LogP contribution in [0.4, 0.5) is 5.82 Å². The first-order valence-corrected chi connectivity index (χ1v) is 10.8. The highest BCUT2D eigenvalue weighted by molar-refractivity contribution is 6.06. The van der Waals surface area contributed by atoms with Crippen molar-refractivity contribution < 1.29 is 14.3 Å². The second-order valence-electron chi connectivity index (χ2n) is 7.62. The topological polar surface area (TPSA) is 64.9 Å². The Morgan fingerprint density at radius 2 is 1.88 bits per heavy atom. The van der Waals surface area contributed by atoms with E-state index >= 15 is 0 Å². The number of hydrogen-bond acceptors (Lipinski definition) is 4. The number of methoxy groups -OCH3 is 1. The van der Waals surface area contributed by atoms with Crippen LogP contribution in [0, 0.1) is 6.92 Å². The number of para-hydroxylation sites is 1. The number of anilines is 1. The smallest absolute Gasteiger partial charge is 0.256 e. The lowest BCUT2D eigenvalue weighted by Crippen LogP contribution is -2.14. The number of amides is 1. The van der Waals surface area contributed by atoms with Crippen LogP contribution >= 0.6 is 0 Å².